The van der Waals surface area contributed by atoms with Crippen LogP contribution in [0, 0.1) is 0 Å². The maximum Gasteiger partial charge on any atom is 0.178 e. The molecule has 0 amide bonds. The third kappa shape index (κ3) is 4.00. The molecule has 0 aliphatic heterocycles. The molecule has 206 valence electrons. The molecule has 4 heteroatoms. The first-order chi connectivity index (χ1) is 21.8. The highest BCUT2D eigenvalue weighted by molar-refractivity contribution is 6.19. The molecule has 0 bridgehead atoms. The summed E-state index contributed by atoms with van der Waals surface area (Å²) < 4.78 is 12.8. The summed E-state index contributed by atoms with van der Waals surface area (Å²) in [5.41, 5.74) is 11.6. The van der Waals surface area contributed by atoms with Gasteiger partial charge in [-0.1, -0.05) is 78.9 Å². The van der Waals surface area contributed by atoms with Crippen molar-refractivity contribution in [3.05, 3.63) is 146 Å². The van der Waals surface area contributed by atoms with Gasteiger partial charge in [-0.05, 0) is 82.9 Å². The van der Waals surface area contributed by atoms with Gasteiger partial charge >= 0.3 is 0 Å². The lowest BCUT2D eigenvalue weighted by atomic mass is 10.00. The second-order valence-electron chi connectivity index (χ2n) is 11.0. The van der Waals surface area contributed by atoms with Crippen LogP contribution in [-0.2, 0) is 0 Å². The fourth-order valence-corrected chi connectivity index (χ4v) is 6.14. The maximum absolute atomic E-state index is 6.42. The molecular weight excluding hydrogens is 540 g/mol. The quantitative estimate of drug-likeness (QED) is 0.213. The van der Waals surface area contributed by atoms with Gasteiger partial charge in [-0.15, -0.1) is 0 Å². The maximum atomic E-state index is 6.42. The molecule has 0 spiro atoms. The van der Waals surface area contributed by atoms with Crippen LogP contribution < -0.4 is 0 Å². The van der Waals surface area contributed by atoms with E-state index in [9.17, 15) is 0 Å². The highest BCUT2D eigenvalue weighted by Gasteiger charge is 2.17. The molecule has 0 saturated carbocycles. The predicted octanol–water partition coefficient (Wildman–Crippen LogP) is 10.9. The first kappa shape index (κ1) is 24.6. The Labute approximate surface area is 252 Å². The lowest BCUT2D eigenvalue weighted by molar-refractivity contribution is 0.633. The number of hydrogen-bond donors (Lipinski definition) is 0. The van der Waals surface area contributed by atoms with E-state index in [0.717, 1.165) is 83.2 Å². The van der Waals surface area contributed by atoms with Crippen LogP contribution in [-0.4, -0.2) is 9.97 Å². The van der Waals surface area contributed by atoms with Gasteiger partial charge in [0.15, 0.2) is 11.2 Å². The Bertz CT molecular complexity index is 2470. The molecule has 4 nitrogen and oxygen atoms in total. The van der Waals surface area contributed by atoms with Crippen LogP contribution in [0.1, 0.15) is 0 Å². The number of benzene rings is 5. The molecule has 0 unspecified atom stereocenters. The zero-order valence-corrected chi connectivity index (χ0v) is 23.6. The summed E-state index contributed by atoms with van der Waals surface area (Å²) in [5, 5.41) is 4.26. The third-order valence-corrected chi connectivity index (χ3v) is 8.37. The highest BCUT2D eigenvalue weighted by Crippen LogP contribution is 2.40. The van der Waals surface area contributed by atoms with Crippen LogP contribution in [0.3, 0.4) is 0 Å². The Balaban J connectivity index is 1.09. The van der Waals surface area contributed by atoms with Crippen molar-refractivity contribution in [2.24, 2.45) is 0 Å². The Kier molecular flexibility index (Phi) is 5.47. The van der Waals surface area contributed by atoms with Gasteiger partial charge in [0.25, 0.3) is 0 Å². The number of aromatic nitrogens is 2. The largest absolute Gasteiger partial charge is 0.452 e. The lowest BCUT2D eigenvalue weighted by Gasteiger charge is -2.07. The van der Waals surface area contributed by atoms with Gasteiger partial charge in [-0.3, -0.25) is 4.98 Å². The molecule has 9 aromatic rings. The van der Waals surface area contributed by atoms with Gasteiger partial charge in [0, 0.05) is 33.3 Å². The third-order valence-electron chi connectivity index (χ3n) is 8.37. The Morgan fingerprint density at radius 1 is 0.364 bits per heavy atom. The minimum absolute atomic E-state index is 0.779. The number of nitrogens with zero attached hydrogens (tertiary/aromatic N) is 2. The second kappa shape index (κ2) is 9.79. The summed E-state index contributed by atoms with van der Waals surface area (Å²) in [4.78, 5) is 9.31. The number of pyridine rings is 2. The van der Waals surface area contributed by atoms with Gasteiger partial charge in [0.2, 0.25) is 0 Å². The van der Waals surface area contributed by atoms with Crippen LogP contribution in [0.4, 0.5) is 0 Å². The van der Waals surface area contributed by atoms with E-state index in [1.165, 1.54) is 5.56 Å². The lowest BCUT2D eigenvalue weighted by Crippen LogP contribution is -1.89. The summed E-state index contributed by atoms with van der Waals surface area (Å²) >= 11 is 0. The Hall–Kier alpha value is -6.00. The molecule has 4 heterocycles. The topological polar surface area (TPSA) is 52.1 Å². The van der Waals surface area contributed by atoms with Gasteiger partial charge < -0.3 is 8.83 Å². The van der Waals surface area contributed by atoms with Crippen LogP contribution in [0.2, 0.25) is 0 Å². The molecule has 0 saturated heterocycles. The van der Waals surface area contributed by atoms with E-state index in [1.54, 1.807) is 6.20 Å². The highest BCUT2D eigenvalue weighted by atomic mass is 16.4. The summed E-state index contributed by atoms with van der Waals surface area (Å²) in [6.45, 7) is 0. The fraction of sp³-hybridized carbons (Fsp3) is 0. The Morgan fingerprint density at radius 2 is 0.909 bits per heavy atom. The van der Waals surface area contributed by atoms with E-state index in [2.05, 4.69) is 102 Å². The van der Waals surface area contributed by atoms with E-state index in [0.29, 0.717) is 0 Å². The molecule has 9 rings (SSSR count). The van der Waals surface area contributed by atoms with E-state index < -0.39 is 0 Å². The van der Waals surface area contributed by atoms with Crippen LogP contribution in [0.15, 0.2) is 155 Å². The average Bonchev–Trinajstić information content (AvgIpc) is 3.67. The standard InChI is InChI=1S/C40H24N2O2/c1-2-7-25(8-3-1)28-16-20-37-32(23-28)30-18-19-31-33-24-29(17-21-38(33)44-40(31)39(30)43-37)26-12-14-27(15-13-26)34-10-6-11-36(42-34)35-9-4-5-22-41-35/h1-24H. The van der Waals surface area contributed by atoms with Gasteiger partial charge in [0.05, 0.1) is 17.1 Å². The van der Waals surface area contributed by atoms with Crippen molar-refractivity contribution in [2.45, 2.75) is 0 Å². The van der Waals surface area contributed by atoms with Crippen LogP contribution in [0.5, 0.6) is 0 Å². The molecule has 0 N–H and O–H groups in total. The summed E-state index contributed by atoms with van der Waals surface area (Å²) in [7, 11) is 0. The minimum Gasteiger partial charge on any atom is -0.452 e. The van der Waals surface area contributed by atoms with Gasteiger partial charge in [0.1, 0.15) is 11.2 Å². The van der Waals surface area contributed by atoms with Crippen molar-refractivity contribution in [3.63, 3.8) is 0 Å². The van der Waals surface area contributed by atoms with Crippen molar-refractivity contribution >= 4 is 43.9 Å². The zero-order chi connectivity index (χ0) is 29.0. The zero-order valence-electron chi connectivity index (χ0n) is 23.6. The van der Waals surface area contributed by atoms with E-state index in [1.807, 2.05) is 42.5 Å². The van der Waals surface area contributed by atoms with Gasteiger partial charge in [-0.2, -0.15) is 0 Å². The van der Waals surface area contributed by atoms with Crippen molar-refractivity contribution in [3.8, 4) is 44.9 Å². The minimum atomic E-state index is 0.779. The van der Waals surface area contributed by atoms with Crippen LogP contribution in [0.25, 0.3) is 88.8 Å². The van der Waals surface area contributed by atoms with Crippen molar-refractivity contribution in [1.82, 2.24) is 9.97 Å². The predicted molar refractivity (Wildman–Crippen MR) is 178 cm³/mol. The summed E-state index contributed by atoms with van der Waals surface area (Å²) in [6.07, 6.45) is 1.79. The molecule has 0 aliphatic rings. The Morgan fingerprint density at radius 3 is 1.55 bits per heavy atom. The summed E-state index contributed by atoms with van der Waals surface area (Å²) in [5.74, 6) is 0. The number of fused-ring (bicyclic) bond motifs is 7. The molecule has 5 aromatic carbocycles. The SMILES string of the molecule is c1ccc(-c2ccc3oc4c(ccc5c6cc(-c7ccc(-c8cccc(-c9ccccn9)n8)cc7)ccc6oc54)c3c2)cc1. The van der Waals surface area contributed by atoms with Crippen molar-refractivity contribution in [2.75, 3.05) is 0 Å². The number of hydrogen-bond acceptors (Lipinski definition) is 4. The smallest absolute Gasteiger partial charge is 0.178 e. The van der Waals surface area contributed by atoms with E-state index in [-0.39, 0.29) is 0 Å². The van der Waals surface area contributed by atoms with Crippen molar-refractivity contribution in [1.29, 1.82) is 0 Å². The number of furan rings is 2. The van der Waals surface area contributed by atoms with Crippen LogP contribution >= 0.6 is 0 Å². The molecule has 0 atom stereocenters. The van der Waals surface area contributed by atoms with E-state index >= 15 is 0 Å². The molecular formula is C40H24N2O2. The number of rotatable bonds is 4. The normalized spacial score (nSPS) is 11.6. The average molecular weight is 565 g/mol. The monoisotopic (exact) mass is 564 g/mol. The second-order valence-corrected chi connectivity index (χ2v) is 11.0. The molecule has 0 fully saturated rings. The summed E-state index contributed by atoms with van der Waals surface area (Å²) in [6, 6.07) is 47.9. The van der Waals surface area contributed by atoms with Gasteiger partial charge in [-0.25, -0.2) is 4.98 Å². The van der Waals surface area contributed by atoms with Crippen molar-refractivity contribution < 1.29 is 8.83 Å². The molecule has 0 radical (unpaired) electrons. The fourth-order valence-electron chi connectivity index (χ4n) is 6.14. The first-order valence-electron chi connectivity index (χ1n) is 14.6. The van der Waals surface area contributed by atoms with E-state index in [4.69, 9.17) is 13.8 Å². The molecule has 4 aromatic heterocycles. The molecule has 0 aliphatic carbocycles. The molecule has 44 heavy (non-hydrogen) atoms. The first-order valence-corrected chi connectivity index (χ1v) is 14.6.